The molecule has 0 amide bonds. The van der Waals surface area contributed by atoms with Gasteiger partial charge in [0, 0.05) is 6.04 Å². The second kappa shape index (κ2) is 2.46. The fraction of sp³-hybridized carbons (Fsp3) is 1.00. The minimum atomic E-state index is 0.511. The molecule has 2 fully saturated rings. The van der Waals surface area contributed by atoms with Crippen molar-refractivity contribution in [3.05, 3.63) is 0 Å². The van der Waals surface area contributed by atoms with E-state index in [1.165, 1.54) is 32.1 Å². The van der Waals surface area contributed by atoms with E-state index in [0.29, 0.717) is 11.5 Å². The van der Waals surface area contributed by atoms with E-state index in [9.17, 15) is 0 Å². The van der Waals surface area contributed by atoms with Gasteiger partial charge in [-0.05, 0) is 43.6 Å². The first-order valence-corrected chi connectivity index (χ1v) is 4.72. The molecule has 0 aliphatic heterocycles. The first-order valence-electron chi connectivity index (χ1n) is 4.72. The molecule has 0 heterocycles. The molecule has 2 rings (SSSR count). The molecule has 4 N–H and O–H groups in total. The summed E-state index contributed by atoms with van der Waals surface area (Å²) in [6.07, 6.45) is 6.64. The van der Waals surface area contributed by atoms with Crippen molar-refractivity contribution < 1.29 is 0 Å². The van der Waals surface area contributed by atoms with Crippen LogP contribution in [0, 0.1) is 11.3 Å². The average Bonchev–Trinajstić information content (AvgIpc) is 2.61. The Kier molecular flexibility index (Phi) is 1.69. The maximum absolute atomic E-state index is 5.91. The lowest BCUT2D eigenvalue weighted by atomic mass is 9.78. The molecule has 0 bridgehead atoms. The predicted molar refractivity (Wildman–Crippen MR) is 46.0 cm³/mol. The van der Waals surface area contributed by atoms with E-state index in [2.05, 4.69) is 0 Å². The summed E-state index contributed by atoms with van der Waals surface area (Å²) in [7, 11) is 0. The lowest BCUT2D eigenvalue weighted by molar-refractivity contribution is 0.246. The Labute approximate surface area is 68.3 Å². The fourth-order valence-electron chi connectivity index (χ4n) is 2.62. The summed E-state index contributed by atoms with van der Waals surface area (Å²) < 4.78 is 0. The highest BCUT2D eigenvalue weighted by atomic mass is 14.8. The average molecular weight is 154 g/mol. The van der Waals surface area contributed by atoms with Gasteiger partial charge in [0.05, 0.1) is 0 Å². The van der Waals surface area contributed by atoms with Crippen molar-refractivity contribution >= 4 is 0 Å². The van der Waals surface area contributed by atoms with E-state index in [1.807, 2.05) is 0 Å². The van der Waals surface area contributed by atoms with Crippen molar-refractivity contribution in [3.63, 3.8) is 0 Å². The van der Waals surface area contributed by atoms with Gasteiger partial charge in [0.15, 0.2) is 0 Å². The third-order valence-electron chi connectivity index (χ3n) is 3.57. The molecule has 2 aliphatic rings. The second-order valence-corrected chi connectivity index (χ2v) is 4.37. The van der Waals surface area contributed by atoms with Gasteiger partial charge in [0.2, 0.25) is 0 Å². The number of rotatable bonds is 1. The van der Waals surface area contributed by atoms with Crippen molar-refractivity contribution in [2.24, 2.45) is 22.8 Å². The van der Waals surface area contributed by atoms with Crippen LogP contribution in [0.15, 0.2) is 0 Å². The quantitative estimate of drug-likeness (QED) is 0.588. The van der Waals surface area contributed by atoms with Gasteiger partial charge in [0.1, 0.15) is 0 Å². The van der Waals surface area contributed by atoms with Gasteiger partial charge in [-0.15, -0.1) is 0 Å². The maximum Gasteiger partial charge on any atom is 0.0102 e. The van der Waals surface area contributed by atoms with E-state index in [0.717, 1.165) is 12.5 Å². The van der Waals surface area contributed by atoms with Gasteiger partial charge in [0.25, 0.3) is 0 Å². The SMILES string of the molecule is NC[C@@H]1CCCC2(C1)C[C@@H]2N. The monoisotopic (exact) mass is 154 g/mol. The largest absolute Gasteiger partial charge is 0.330 e. The summed E-state index contributed by atoms with van der Waals surface area (Å²) >= 11 is 0. The summed E-state index contributed by atoms with van der Waals surface area (Å²) in [6.45, 7) is 0.870. The minimum absolute atomic E-state index is 0.511. The Hall–Kier alpha value is -0.0800. The molecule has 11 heavy (non-hydrogen) atoms. The smallest absolute Gasteiger partial charge is 0.0102 e. The Balaban J connectivity index is 1.94. The highest BCUT2D eigenvalue weighted by Gasteiger charge is 2.53. The Bertz CT molecular complexity index is 158. The minimum Gasteiger partial charge on any atom is -0.330 e. The van der Waals surface area contributed by atoms with Crippen LogP contribution in [0.25, 0.3) is 0 Å². The molecule has 2 saturated carbocycles. The molecule has 1 spiro atoms. The van der Waals surface area contributed by atoms with Crippen LogP contribution in [0.2, 0.25) is 0 Å². The van der Waals surface area contributed by atoms with E-state index in [1.54, 1.807) is 0 Å². The van der Waals surface area contributed by atoms with Crippen LogP contribution in [-0.2, 0) is 0 Å². The van der Waals surface area contributed by atoms with Crippen molar-refractivity contribution in [1.82, 2.24) is 0 Å². The lowest BCUT2D eigenvalue weighted by Crippen LogP contribution is -2.27. The van der Waals surface area contributed by atoms with Gasteiger partial charge < -0.3 is 11.5 Å². The molecule has 0 aromatic rings. The molecule has 2 heteroatoms. The fourth-order valence-corrected chi connectivity index (χ4v) is 2.62. The molecule has 0 aromatic carbocycles. The van der Waals surface area contributed by atoms with Crippen LogP contribution in [0.1, 0.15) is 32.1 Å². The van der Waals surface area contributed by atoms with Crippen LogP contribution in [-0.4, -0.2) is 12.6 Å². The van der Waals surface area contributed by atoms with Crippen LogP contribution in [0.5, 0.6) is 0 Å². The van der Waals surface area contributed by atoms with E-state index in [4.69, 9.17) is 11.5 Å². The molecule has 3 atom stereocenters. The van der Waals surface area contributed by atoms with Gasteiger partial charge in [-0.1, -0.05) is 6.42 Å². The first kappa shape index (κ1) is 7.56. The van der Waals surface area contributed by atoms with Gasteiger partial charge >= 0.3 is 0 Å². The Morgan fingerprint density at radius 3 is 2.64 bits per heavy atom. The zero-order valence-electron chi connectivity index (χ0n) is 7.05. The van der Waals surface area contributed by atoms with Crippen molar-refractivity contribution in [3.8, 4) is 0 Å². The normalized spacial score (nSPS) is 49.6. The predicted octanol–water partition coefficient (Wildman–Crippen LogP) is 0.853. The standard InChI is InChI=1S/C9H18N2/c10-6-7-2-1-3-9(4-7)5-8(9)11/h7-8H,1-6,10-11H2/t7-,8+,9?/m1/s1. The lowest BCUT2D eigenvalue weighted by Gasteiger charge is -2.28. The molecule has 1 unspecified atom stereocenters. The van der Waals surface area contributed by atoms with Crippen molar-refractivity contribution in [2.45, 2.75) is 38.1 Å². The zero-order chi connectivity index (χ0) is 7.90. The van der Waals surface area contributed by atoms with Crippen molar-refractivity contribution in [1.29, 1.82) is 0 Å². The molecule has 2 nitrogen and oxygen atoms in total. The summed E-state index contributed by atoms with van der Waals surface area (Å²) in [5, 5.41) is 0. The zero-order valence-corrected chi connectivity index (χ0v) is 7.05. The van der Waals surface area contributed by atoms with Crippen LogP contribution in [0.3, 0.4) is 0 Å². The molecule has 2 aliphatic carbocycles. The third kappa shape index (κ3) is 1.18. The topological polar surface area (TPSA) is 52.0 Å². The second-order valence-electron chi connectivity index (χ2n) is 4.37. The third-order valence-corrected chi connectivity index (χ3v) is 3.57. The first-order chi connectivity index (χ1) is 5.27. The van der Waals surface area contributed by atoms with Crippen LogP contribution in [0.4, 0.5) is 0 Å². The Morgan fingerprint density at radius 2 is 2.09 bits per heavy atom. The van der Waals surface area contributed by atoms with E-state index in [-0.39, 0.29) is 0 Å². The van der Waals surface area contributed by atoms with Crippen molar-refractivity contribution in [2.75, 3.05) is 6.54 Å². The van der Waals surface area contributed by atoms with E-state index >= 15 is 0 Å². The molecule has 0 saturated heterocycles. The van der Waals surface area contributed by atoms with Gasteiger partial charge in [-0.3, -0.25) is 0 Å². The van der Waals surface area contributed by atoms with Gasteiger partial charge in [-0.2, -0.15) is 0 Å². The maximum atomic E-state index is 5.91. The molecule has 64 valence electrons. The number of hydrogen-bond acceptors (Lipinski definition) is 2. The van der Waals surface area contributed by atoms with Gasteiger partial charge in [-0.25, -0.2) is 0 Å². The summed E-state index contributed by atoms with van der Waals surface area (Å²) in [5.74, 6) is 0.775. The number of hydrogen-bond donors (Lipinski definition) is 2. The number of nitrogens with two attached hydrogens (primary N) is 2. The molecular formula is C9H18N2. The highest BCUT2D eigenvalue weighted by molar-refractivity contribution is 5.08. The molecule has 0 radical (unpaired) electrons. The molecular weight excluding hydrogens is 136 g/mol. The molecule has 0 aromatic heterocycles. The summed E-state index contributed by atoms with van der Waals surface area (Å²) in [5.41, 5.74) is 12.1. The van der Waals surface area contributed by atoms with E-state index < -0.39 is 0 Å². The highest BCUT2D eigenvalue weighted by Crippen LogP contribution is 2.56. The Morgan fingerprint density at radius 1 is 1.36 bits per heavy atom. The van der Waals surface area contributed by atoms with Crippen LogP contribution >= 0.6 is 0 Å². The summed E-state index contributed by atoms with van der Waals surface area (Å²) in [4.78, 5) is 0. The summed E-state index contributed by atoms with van der Waals surface area (Å²) in [6, 6.07) is 0.511. The van der Waals surface area contributed by atoms with Crippen LogP contribution < -0.4 is 11.5 Å².